The van der Waals surface area contributed by atoms with Crippen molar-refractivity contribution in [3.8, 4) is 0 Å². The summed E-state index contributed by atoms with van der Waals surface area (Å²) in [5, 5.41) is 10.2. The molecule has 3 rings (SSSR count). The van der Waals surface area contributed by atoms with Gasteiger partial charge in [0.05, 0.1) is 16.7 Å². The van der Waals surface area contributed by atoms with Crippen molar-refractivity contribution in [2.45, 2.75) is 18.8 Å². The van der Waals surface area contributed by atoms with Gasteiger partial charge in [-0.3, -0.25) is 15.0 Å². The lowest BCUT2D eigenvalue weighted by molar-refractivity contribution is -0.136. The van der Waals surface area contributed by atoms with Gasteiger partial charge < -0.3 is 5.11 Å². The molecule has 1 aliphatic rings. The summed E-state index contributed by atoms with van der Waals surface area (Å²) < 4.78 is 0. The number of nitrogens with one attached hydrogen (secondary N) is 1. The van der Waals surface area contributed by atoms with E-state index in [1.807, 2.05) is 30.3 Å². The Bertz CT molecular complexity index is 819. The number of nitrogens with zero attached hydrogens (tertiary/aromatic N) is 1. The molecule has 1 atom stereocenters. The number of hydrazine groups is 1. The van der Waals surface area contributed by atoms with Gasteiger partial charge in [0.25, 0.3) is 5.91 Å². The average Bonchev–Trinajstić information content (AvgIpc) is 2.59. The van der Waals surface area contributed by atoms with Crippen molar-refractivity contribution in [2.24, 2.45) is 0 Å². The van der Waals surface area contributed by atoms with Crippen LogP contribution >= 0.6 is 0 Å². The smallest absolute Gasteiger partial charge is 0.335 e. The highest BCUT2D eigenvalue weighted by Crippen LogP contribution is 2.34. The Kier molecular flexibility index (Phi) is 3.81. The topological polar surface area (TPSA) is 86.7 Å². The van der Waals surface area contributed by atoms with Gasteiger partial charge in [-0.1, -0.05) is 36.4 Å². The predicted molar refractivity (Wildman–Crippen MR) is 87.4 cm³/mol. The molecule has 0 aliphatic carbocycles. The molecule has 6 nitrogen and oxygen atoms in total. The quantitative estimate of drug-likeness (QED) is 0.905. The summed E-state index contributed by atoms with van der Waals surface area (Å²) >= 11 is 0. The van der Waals surface area contributed by atoms with Gasteiger partial charge in [0.15, 0.2) is 0 Å². The third-order valence-corrected chi connectivity index (χ3v) is 4.19. The first-order chi connectivity index (χ1) is 11.4. The number of amides is 2. The zero-order valence-corrected chi connectivity index (χ0v) is 13.0. The predicted octanol–water partition coefficient (Wildman–Crippen LogP) is 2.11. The Morgan fingerprint density at radius 2 is 1.83 bits per heavy atom. The molecule has 0 aromatic heterocycles. The summed E-state index contributed by atoms with van der Waals surface area (Å²) in [7, 11) is 0. The van der Waals surface area contributed by atoms with Crippen LogP contribution in [0.2, 0.25) is 0 Å². The summed E-state index contributed by atoms with van der Waals surface area (Å²) in [6.45, 7) is 1.72. The van der Waals surface area contributed by atoms with Crippen LogP contribution in [0.4, 0.5) is 5.69 Å². The maximum atomic E-state index is 13.0. The summed E-state index contributed by atoms with van der Waals surface area (Å²) in [6, 6.07) is 15.0. The number of hydrogen-bond donors (Lipinski definition) is 2. The third kappa shape index (κ3) is 2.62. The molecule has 0 spiro atoms. The zero-order valence-electron chi connectivity index (χ0n) is 13.0. The summed E-state index contributed by atoms with van der Waals surface area (Å²) in [5.74, 6) is -1.71. The van der Waals surface area contributed by atoms with Crippen LogP contribution in [0, 0.1) is 0 Å². The highest BCUT2D eigenvalue weighted by Gasteiger charge is 2.45. The maximum Gasteiger partial charge on any atom is 0.335 e. The molecule has 1 aliphatic heterocycles. The lowest BCUT2D eigenvalue weighted by Crippen LogP contribution is -2.60. The van der Waals surface area contributed by atoms with Crippen LogP contribution in [0.25, 0.3) is 0 Å². The summed E-state index contributed by atoms with van der Waals surface area (Å²) in [4.78, 5) is 36.4. The van der Waals surface area contributed by atoms with E-state index in [1.165, 1.54) is 18.2 Å². The van der Waals surface area contributed by atoms with Gasteiger partial charge in [0, 0.05) is 6.42 Å². The lowest BCUT2D eigenvalue weighted by Gasteiger charge is -2.39. The molecule has 0 radical (unpaired) electrons. The molecule has 1 fully saturated rings. The Balaban J connectivity index is 2.04. The van der Waals surface area contributed by atoms with Gasteiger partial charge in [0.1, 0.15) is 0 Å². The van der Waals surface area contributed by atoms with E-state index in [-0.39, 0.29) is 23.8 Å². The van der Waals surface area contributed by atoms with Gasteiger partial charge in [-0.25, -0.2) is 9.80 Å². The minimum absolute atomic E-state index is 0.0327. The second kappa shape index (κ2) is 5.81. The summed E-state index contributed by atoms with van der Waals surface area (Å²) in [6.07, 6.45) is 0.0327. The van der Waals surface area contributed by atoms with Gasteiger partial charge >= 0.3 is 5.97 Å². The van der Waals surface area contributed by atoms with Crippen molar-refractivity contribution >= 4 is 23.5 Å². The van der Waals surface area contributed by atoms with Crippen molar-refractivity contribution in [3.05, 3.63) is 65.7 Å². The molecule has 0 bridgehead atoms. The van der Waals surface area contributed by atoms with E-state index >= 15 is 0 Å². The van der Waals surface area contributed by atoms with E-state index in [0.717, 1.165) is 10.6 Å². The molecular weight excluding hydrogens is 308 g/mol. The molecule has 0 saturated carbocycles. The second-order valence-corrected chi connectivity index (χ2v) is 5.91. The molecule has 2 N–H and O–H groups in total. The van der Waals surface area contributed by atoms with Gasteiger partial charge in [-0.15, -0.1) is 0 Å². The fourth-order valence-corrected chi connectivity index (χ4v) is 2.85. The molecule has 2 aromatic rings. The first-order valence-corrected chi connectivity index (χ1v) is 7.45. The molecule has 1 saturated heterocycles. The Hall–Kier alpha value is -3.15. The van der Waals surface area contributed by atoms with E-state index in [2.05, 4.69) is 5.43 Å². The maximum absolute atomic E-state index is 13.0. The molecule has 6 heteroatoms. The highest BCUT2D eigenvalue weighted by molar-refractivity contribution is 6.08. The number of carbonyl (C=O) groups excluding carboxylic acids is 2. The molecule has 24 heavy (non-hydrogen) atoms. The molecule has 1 unspecified atom stereocenters. The number of hydrogen-bond acceptors (Lipinski definition) is 3. The van der Waals surface area contributed by atoms with Crippen LogP contribution in [-0.2, 0) is 15.0 Å². The second-order valence-electron chi connectivity index (χ2n) is 5.91. The monoisotopic (exact) mass is 324 g/mol. The Morgan fingerprint density at radius 3 is 2.50 bits per heavy atom. The van der Waals surface area contributed by atoms with E-state index in [1.54, 1.807) is 13.0 Å². The van der Waals surface area contributed by atoms with Crippen LogP contribution in [0.1, 0.15) is 29.3 Å². The van der Waals surface area contributed by atoms with Crippen LogP contribution in [0.15, 0.2) is 54.6 Å². The number of aromatic carboxylic acids is 1. The largest absolute Gasteiger partial charge is 0.478 e. The molecule has 2 amide bonds. The standard InChI is InChI=1S/C18H16N2O4/c1-18(13-7-3-2-4-8-13)11-15(21)19-20(17(18)24)14-9-5-6-12(10-14)16(22)23/h2-10H,11H2,1H3,(H,19,21)(H,22,23). The van der Waals surface area contributed by atoms with E-state index in [9.17, 15) is 14.4 Å². The van der Waals surface area contributed by atoms with Crippen molar-refractivity contribution in [1.29, 1.82) is 0 Å². The van der Waals surface area contributed by atoms with Crippen molar-refractivity contribution in [3.63, 3.8) is 0 Å². The van der Waals surface area contributed by atoms with Crippen molar-refractivity contribution in [1.82, 2.24) is 5.43 Å². The van der Waals surface area contributed by atoms with Crippen LogP contribution < -0.4 is 10.4 Å². The minimum Gasteiger partial charge on any atom is -0.478 e. The average molecular weight is 324 g/mol. The fraction of sp³-hybridized carbons (Fsp3) is 0.167. The minimum atomic E-state index is -1.10. The molecular formula is C18H16N2O4. The summed E-state index contributed by atoms with van der Waals surface area (Å²) in [5.41, 5.74) is 2.61. The van der Waals surface area contributed by atoms with Crippen LogP contribution in [0.3, 0.4) is 0 Å². The van der Waals surface area contributed by atoms with Crippen molar-refractivity contribution < 1.29 is 19.5 Å². The lowest BCUT2D eigenvalue weighted by atomic mass is 9.77. The number of anilines is 1. The number of carbonyl (C=O) groups is 3. The van der Waals surface area contributed by atoms with Gasteiger partial charge in [-0.2, -0.15) is 0 Å². The van der Waals surface area contributed by atoms with Gasteiger partial charge in [-0.05, 0) is 30.7 Å². The highest BCUT2D eigenvalue weighted by atomic mass is 16.4. The Morgan fingerprint density at radius 1 is 1.12 bits per heavy atom. The number of carboxylic acids is 1. The van der Waals surface area contributed by atoms with Crippen LogP contribution in [0.5, 0.6) is 0 Å². The zero-order chi connectivity index (χ0) is 17.3. The number of rotatable bonds is 3. The first-order valence-electron chi connectivity index (χ1n) is 7.45. The molecule has 122 valence electrons. The first kappa shape index (κ1) is 15.7. The van der Waals surface area contributed by atoms with Crippen molar-refractivity contribution in [2.75, 3.05) is 5.01 Å². The van der Waals surface area contributed by atoms with E-state index < -0.39 is 11.4 Å². The number of carboxylic acid groups (broad SMARTS) is 1. The SMILES string of the molecule is CC1(c2ccccc2)CC(=O)NN(c2cccc(C(=O)O)c2)C1=O. The van der Waals surface area contributed by atoms with Gasteiger partial charge in [0.2, 0.25) is 5.91 Å². The van der Waals surface area contributed by atoms with E-state index in [4.69, 9.17) is 5.11 Å². The number of benzene rings is 2. The normalized spacial score (nSPS) is 20.6. The fourth-order valence-electron chi connectivity index (χ4n) is 2.85. The molecule has 2 aromatic carbocycles. The van der Waals surface area contributed by atoms with E-state index in [0.29, 0.717) is 5.69 Å². The Labute approximate surface area is 138 Å². The third-order valence-electron chi connectivity index (χ3n) is 4.19. The van der Waals surface area contributed by atoms with Crippen LogP contribution in [-0.4, -0.2) is 22.9 Å². The molecule has 1 heterocycles.